The Hall–Kier alpha value is -2.76. The summed E-state index contributed by atoms with van der Waals surface area (Å²) in [6.07, 6.45) is 0. The van der Waals surface area contributed by atoms with Gasteiger partial charge in [0.05, 0.1) is 0 Å². The predicted molar refractivity (Wildman–Crippen MR) is 110 cm³/mol. The van der Waals surface area contributed by atoms with Gasteiger partial charge in [0, 0.05) is 32.5 Å². The van der Waals surface area contributed by atoms with Crippen molar-refractivity contribution in [2.24, 2.45) is 5.73 Å². The molecular formula is C21H17ClN2O2S. The zero-order valence-corrected chi connectivity index (χ0v) is 15.9. The number of primary amides is 1. The van der Waals surface area contributed by atoms with Crippen molar-refractivity contribution >= 4 is 40.9 Å². The molecule has 0 spiro atoms. The van der Waals surface area contributed by atoms with E-state index in [1.807, 2.05) is 36.4 Å². The molecule has 0 saturated carbocycles. The fourth-order valence-electron chi connectivity index (χ4n) is 2.37. The van der Waals surface area contributed by atoms with Gasteiger partial charge in [-0.05, 0) is 66.2 Å². The van der Waals surface area contributed by atoms with Crippen LogP contribution in [0.15, 0.2) is 77.7 Å². The van der Waals surface area contributed by atoms with Crippen molar-refractivity contribution in [3.05, 3.63) is 94.5 Å². The number of carbonyl (C=O) groups excluding carboxylic acids is 2. The van der Waals surface area contributed by atoms with Crippen LogP contribution >= 0.6 is 23.4 Å². The molecule has 0 atom stereocenters. The second-order valence-corrected chi connectivity index (χ2v) is 7.32. The number of hydrogen-bond acceptors (Lipinski definition) is 3. The summed E-state index contributed by atoms with van der Waals surface area (Å²) in [4.78, 5) is 24.5. The highest BCUT2D eigenvalue weighted by Gasteiger charge is 2.07. The Morgan fingerprint density at radius 2 is 1.44 bits per heavy atom. The third-order valence-electron chi connectivity index (χ3n) is 3.86. The molecule has 0 aliphatic heterocycles. The first kappa shape index (κ1) is 19.0. The first-order valence-electron chi connectivity index (χ1n) is 8.20. The summed E-state index contributed by atoms with van der Waals surface area (Å²) in [6, 6.07) is 21.6. The van der Waals surface area contributed by atoms with E-state index in [9.17, 15) is 9.59 Å². The van der Waals surface area contributed by atoms with E-state index in [4.69, 9.17) is 17.3 Å². The molecule has 3 N–H and O–H groups in total. The lowest BCUT2D eigenvalue weighted by Crippen LogP contribution is -2.13. The van der Waals surface area contributed by atoms with Gasteiger partial charge in [-0.15, -0.1) is 11.8 Å². The summed E-state index contributed by atoms with van der Waals surface area (Å²) >= 11 is 7.59. The largest absolute Gasteiger partial charge is 0.366 e. The minimum atomic E-state index is -0.500. The molecule has 0 bridgehead atoms. The second kappa shape index (κ2) is 8.75. The molecule has 0 aromatic heterocycles. The van der Waals surface area contributed by atoms with E-state index in [-0.39, 0.29) is 5.91 Å². The van der Waals surface area contributed by atoms with Gasteiger partial charge < -0.3 is 11.1 Å². The maximum absolute atomic E-state index is 12.3. The molecule has 0 saturated heterocycles. The van der Waals surface area contributed by atoms with Gasteiger partial charge in [-0.3, -0.25) is 9.59 Å². The van der Waals surface area contributed by atoms with Crippen LogP contribution in [0.4, 0.5) is 5.69 Å². The molecule has 2 amide bonds. The minimum Gasteiger partial charge on any atom is -0.366 e. The van der Waals surface area contributed by atoms with E-state index in [0.717, 1.165) is 21.2 Å². The molecule has 3 aromatic rings. The van der Waals surface area contributed by atoms with Crippen LogP contribution in [0.3, 0.4) is 0 Å². The Kier molecular flexibility index (Phi) is 6.16. The van der Waals surface area contributed by atoms with E-state index < -0.39 is 5.91 Å². The van der Waals surface area contributed by atoms with Crippen molar-refractivity contribution in [2.45, 2.75) is 10.6 Å². The maximum Gasteiger partial charge on any atom is 0.255 e. The predicted octanol–water partition coefficient (Wildman–Crippen LogP) is 4.98. The lowest BCUT2D eigenvalue weighted by Gasteiger charge is -2.07. The highest BCUT2D eigenvalue weighted by Crippen LogP contribution is 2.24. The Morgan fingerprint density at radius 3 is 2.04 bits per heavy atom. The second-order valence-electron chi connectivity index (χ2n) is 5.84. The number of thioether (sulfide) groups is 1. The molecule has 0 radical (unpaired) electrons. The Bertz CT molecular complexity index is 939. The van der Waals surface area contributed by atoms with E-state index in [1.165, 1.54) is 0 Å². The average molecular weight is 397 g/mol. The van der Waals surface area contributed by atoms with Crippen LogP contribution < -0.4 is 11.1 Å². The van der Waals surface area contributed by atoms with Gasteiger partial charge in [-0.25, -0.2) is 0 Å². The smallest absolute Gasteiger partial charge is 0.255 e. The van der Waals surface area contributed by atoms with E-state index >= 15 is 0 Å². The molecule has 6 heteroatoms. The highest BCUT2D eigenvalue weighted by molar-refractivity contribution is 7.98. The summed E-state index contributed by atoms with van der Waals surface area (Å²) in [5.74, 6) is 0.0941. The van der Waals surface area contributed by atoms with Crippen molar-refractivity contribution in [1.82, 2.24) is 0 Å². The molecule has 4 nitrogen and oxygen atoms in total. The molecule has 0 unspecified atom stereocenters. The fraction of sp³-hybridized carbons (Fsp3) is 0.0476. The number of carbonyl (C=O) groups is 2. The maximum atomic E-state index is 12.3. The van der Waals surface area contributed by atoms with Gasteiger partial charge in [0.15, 0.2) is 0 Å². The first-order valence-corrected chi connectivity index (χ1v) is 9.56. The van der Waals surface area contributed by atoms with Crippen molar-refractivity contribution in [1.29, 1.82) is 0 Å². The zero-order chi connectivity index (χ0) is 19.2. The molecule has 0 aliphatic carbocycles. The minimum absolute atomic E-state index is 0.210. The van der Waals surface area contributed by atoms with Crippen LogP contribution in [0.2, 0.25) is 5.02 Å². The Labute approximate surface area is 166 Å². The lowest BCUT2D eigenvalue weighted by atomic mass is 10.1. The lowest BCUT2D eigenvalue weighted by molar-refractivity contribution is 0.0998. The van der Waals surface area contributed by atoms with E-state index in [2.05, 4.69) is 5.32 Å². The quantitative estimate of drug-likeness (QED) is 0.577. The van der Waals surface area contributed by atoms with Crippen LogP contribution in [-0.4, -0.2) is 11.8 Å². The number of halogens is 1. The van der Waals surface area contributed by atoms with Crippen molar-refractivity contribution in [3.8, 4) is 0 Å². The summed E-state index contributed by atoms with van der Waals surface area (Å²) < 4.78 is 0. The van der Waals surface area contributed by atoms with Gasteiger partial charge in [-0.1, -0.05) is 23.7 Å². The third-order valence-corrected chi connectivity index (χ3v) is 5.20. The number of nitrogens with one attached hydrogen (secondary N) is 1. The summed E-state index contributed by atoms with van der Waals surface area (Å²) in [6.45, 7) is 0. The monoisotopic (exact) mass is 396 g/mol. The van der Waals surface area contributed by atoms with Crippen molar-refractivity contribution < 1.29 is 9.59 Å². The topological polar surface area (TPSA) is 72.2 Å². The van der Waals surface area contributed by atoms with Crippen LogP contribution in [0.1, 0.15) is 26.3 Å². The van der Waals surface area contributed by atoms with Crippen LogP contribution in [0.5, 0.6) is 0 Å². The molecule has 0 heterocycles. The van der Waals surface area contributed by atoms with Gasteiger partial charge in [-0.2, -0.15) is 0 Å². The number of nitrogens with two attached hydrogens (primary N) is 1. The summed E-state index contributed by atoms with van der Waals surface area (Å²) in [5, 5.41) is 3.52. The molecule has 3 rings (SSSR count). The zero-order valence-electron chi connectivity index (χ0n) is 14.3. The molecule has 136 valence electrons. The van der Waals surface area contributed by atoms with Crippen molar-refractivity contribution in [3.63, 3.8) is 0 Å². The molecular weight excluding hydrogens is 380 g/mol. The first-order chi connectivity index (χ1) is 13.0. The highest BCUT2D eigenvalue weighted by atomic mass is 35.5. The SMILES string of the molecule is NC(=O)c1ccc(NC(=O)c2ccc(CSc3ccc(Cl)cc3)cc2)cc1. The van der Waals surface area contributed by atoms with Gasteiger partial charge in [0.2, 0.25) is 5.91 Å². The van der Waals surface area contributed by atoms with Gasteiger partial charge >= 0.3 is 0 Å². The number of anilines is 1. The third kappa shape index (κ3) is 5.36. The normalized spacial score (nSPS) is 10.4. The summed E-state index contributed by atoms with van der Waals surface area (Å²) in [7, 11) is 0. The number of amides is 2. The average Bonchev–Trinajstić information content (AvgIpc) is 2.68. The van der Waals surface area contributed by atoms with E-state index in [0.29, 0.717) is 16.8 Å². The summed E-state index contributed by atoms with van der Waals surface area (Å²) in [5.41, 5.74) is 7.89. The fourth-order valence-corrected chi connectivity index (χ4v) is 3.35. The Morgan fingerprint density at radius 1 is 0.852 bits per heavy atom. The molecule has 0 fully saturated rings. The number of rotatable bonds is 6. The van der Waals surface area contributed by atoms with Crippen LogP contribution in [0, 0.1) is 0 Å². The number of benzene rings is 3. The van der Waals surface area contributed by atoms with Gasteiger partial charge in [0.1, 0.15) is 0 Å². The van der Waals surface area contributed by atoms with Gasteiger partial charge in [0.25, 0.3) is 5.91 Å². The molecule has 0 aliphatic rings. The number of hydrogen-bond donors (Lipinski definition) is 2. The molecule has 3 aromatic carbocycles. The molecule has 27 heavy (non-hydrogen) atoms. The standard InChI is InChI=1S/C21H17ClN2O2S/c22-17-7-11-19(12-8-17)27-13-14-1-3-16(4-2-14)21(26)24-18-9-5-15(6-10-18)20(23)25/h1-12H,13H2,(H2,23,25)(H,24,26). The Balaban J connectivity index is 1.58. The van der Waals surface area contributed by atoms with E-state index in [1.54, 1.807) is 48.2 Å². The van der Waals surface area contributed by atoms with Crippen molar-refractivity contribution in [2.75, 3.05) is 5.32 Å². The van der Waals surface area contributed by atoms with Crippen LogP contribution in [0.25, 0.3) is 0 Å². The van der Waals surface area contributed by atoms with Crippen LogP contribution in [-0.2, 0) is 5.75 Å².